The number of fused-ring (bicyclic) bond motifs is 1. The molecule has 2 aliphatic rings. The molecule has 1 fully saturated rings. The molecule has 0 spiro atoms. The van der Waals surface area contributed by atoms with E-state index in [1.165, 1.54) is 0 Å². The molecule has 1 unspecified atom stereocenters. The van der Waals surface area contributed by atoms with Crippen molar-refractivity contribution in [3.05, 3.63) is 83.3 Å². The van der Waals surface area contributed by atoms with Gasteiger partial charge in [0, 0.05) is 68.3 Å². The van der Waals surface area contributed by atoms with E-state index in [0.29, 0.717) is 31.2 Å². The first-order valence-corrected chi connectivity index (χ1v) is 11.7. The van der Waals surface area contributed by atoms with Crippen molar-refractivity contribution >= 4 is 11.8 Å². The summed E-state index contributed by atoms with van der Waals surface area (Å²) in [4.78, 5) is 38.5. The quantitative estimate of drug-likeness (QED) is 0.588. The molecule has 1 atom stereocenters. The van der Waals surface area contributed by atoms with Crippen LogP contribution in [0.5, 0.6) is 0 Å². The van der Waals surface area contributed by atoms with Crippen LogP contribution < -0.4 is 0 Å². The van der Waals surface area contributed by atoms with Crippen molar-refractivity contribution in [2.24, 2.45) is 5.92 Å². The van der Waals surface area contributed by atoms with Gasteiger partial charge in [0.05, 0.1) is 18.5 Å². The van der Waals surface area contributed by atoms with E-state index in [1.54, 1.807) is 25.7 Å². The van der Waals surface area contributed by atoms with E-state index >= 15 is 0 Å². The number of carbonyl (C=O) groups is 2. The Kier molecular flexibility index (Phi) is 6.36. The first-order valence-electron chi connectivity index (χ1n) is 11.7. The molecule has 0 aliphatic carbocycles. The van der Waals surface area contributed by atoms with Crippen LogP contribution in [0, 0.1) is 5.92 Å². The lowest BCUT2D eigenvalue weighted by Crippen LogP contribution is -2.36. The number of hydrogen-bond donors (Lipinski definition) is 0. The maximum absolute atomic E-state index is 13.2. The Bertz CT molecular complexity index is 1200. The van der Waals surface area contributed by atoms with Crippen molar-refractivity contribution in [2.75, 3.05) is 33.4 Å². The fourth-order valence-corrected chi connectivity index (χ4v) is 4.87. The Hall–Kier alpha value is -3.58. The highest BCUT2D eigenvalue weighted by molar-refractivity contribution is 5.96. The molecular formula is C27H28N4O3. The summed E-state index contributed by atoms with van der Waals surface area (Å²) in [7, 11) is 1.71. The van der Waals surface area contributed by atoms with Crippen molar-refractivity contribution in [2.45, 2.75) is 19.4 Å². The number of nitrogens with zero attached hydrogens (tertiary/aromatic N) is 4. The van der Waals surface area contributed by atoms with E-state index in [0.717, 1.165) is 53.9 Å². The highest BCUT2D eigenvalue weighted by atomic mass is 16.5. The van der Waals surface area contributed by atoms with Crippen molar-refractivity contribution in [1.29, 1.82) is 0 Å². The molecule has 34 heavy (non-hydrogen) atoms. The number of ether oxygens (including phenoxy) is 1. The summed E-state index contributed by atoms with van der Waals surface area (Å²) in [5.41, 5.74) is 5.22. The first-order chi connectivity index (χ1) is 16.6. The third-order valence-electron chi connectivity index (χ3n) is 6.70. The average molecular weight is 457 g/mol. The normalized spacial score (nSPS) is 17.5. The highest BCUT2D eigenvalue weighted by Crippen LogP contribution is 2.25. The van der Waals surface area contributed by atoms with Crippen molar-refractivity contribution in [3.63, 3.8) is 0 Å². The maximum Gasteiger partial charge on any atom is 0.254 e. The van der Waals surface area contributed by atoms with E-state index in [9.17, 15) is 9.59 Å². The van der Waals surface area contributed by atoms with Gasteiger partial charge < -0.3 is 14.5 Å². The number of aromatic nitrogens is 2. The van der Waals surface area contributed by atoms with Gasteiger partial charge in [-0.2, -0.15) is 0 Å². The molecule has 0 bridgehead atoms. The standard InChI is InChI=1S/C27H28N4O3/c1-34-18-19-7-11-30(16-19)27(33)23-5-6-24-17-31(12-8-20(24)13-23)26(32)22-4-2-3-21(14-22)25-15-28-9-10-29-25/h2-6,9-10,13-15,19H,7-8,11-12,16-18H2,1H3. The fourth-order valence-electron chi connectivity index (χ4n) is 4.87. The molecule has 7 nitrogen and oxygen atoms in total. The van der Waals surface area contributed by atoms with E-state index < -0.39 is 0 Å². The van der Waals surface area contributed by atoms with Gasteiger partial charge in [0.25, 0.3) is 11.8 Å². The summed E-state index contributed by atoms with van der Waals surface area (Å²) >= 11 is 0. The van der Waals surface area contributed by atoms with Gasteiger partial charge in [0.2, 0.25) is 0 Å². The maximum atomic E-state index is 13.2. The van der Waals surface area contributed by atoms with Crippen LogP contribution in [0.25, 0.3) is 11.3 Å². The van der Waals surface area contributed by atoms with Crippen LogP contribution in [0.15, 0.2) is 61.1 Å². The van der Waals surface area contributed by atoms with Crippen LogP contribution >= 0.6 is 0 Å². The van der Waals surface area contributed by atoms with Crippen LogP contribution in [0.2, 0.25) is 0 Å². The van der Waals surface area contributed by atoms with Gasteiger partial charge in [-0.1, -0.05) is 18.2 Å². The molecule has 1 aromatic heterocycles. The topological polar surface area (TPSA) is 75.6 Å². The number of carbonyl (C=O) groups excluding carboxylic acids is 2. The number of hydrogen-bond acceptors (Lipinski definition) is 5. The SMILES string of the molecule is COCC1CCN(C(=O)c2ccc3c(c2)CCN(C(=O)c2cccc(-c4cnccn4)c2)C3)C1. The highest BCUT2D eigenvalue weighted by Gasteiger charge is 2.28. The molecule has 1 saturated heterocycles. The Morgan fingerprint density at radius 3 is 2.68 bits per heavy atom. The van der Waals surface area contributed by atoms with Crippen LogP contribution in [-0.4, -0.2) is 64.9 Å². The van der Waals surface area contributed by atoms with E-state index in [1.807, 2.05) is 52.3 Å². The summed E-state index contributed by atoms with van der Waals surface area (Å²) in [6.45, 7) is 3.38. The summed E-state index contributed by atoms with van der Waals surface area (Å²) in [6, 6.07) is 13.4. The van der Waals surface area contributed by atoms with E-state index in [-0.39, 0.29) is 11.8 Å². The predicted octanol–water partition coefficient (Wildman–Crippen LogP) is 3.45. The minimum Gasteiger partial charge on any atom is -0.384 e. The Balaban J connectivity index is 1.28. The molecule has 7 heteroatoms. The average Bonchev–Trinajstić information content (AvgIpc) is 3.36. The summed E-state index contributed by atoms with van der Waals surface area (Å²) in [6.07, 6.45) is 6.69. The fraction of sp³-hybridized carbons (Fsp3) is 0.333. The third-order valence-corrected chi connectivity index (χ3v) is 6.70. The number of benzene rings is 2. The summed E-state index contributed by atoms with van der Waals surface area (Å²) in [5.74, 6) is 0.497. The lowest BCUT2D eigenvalue weighted by molar-refractivity contribution is 0.0731. The van der Waals surface area contributed by atoms with Crippen LogP contribution in [0.1, 0.15) is 38.3 Å². The van der Waals surface area contributed by atoms with Crippen LogP contribution in [0.3, 0.4) is 0 Å². The zero-order valence-corrected chi connectivity index (χ0v) is 19.3. The van der Waals surface area contributed by atoms with E-state index in [2.05, 4.69) is 9.97 Å². The minimum atomic E-state index is -0.00204. The second kappa shape index (κ2) is 9.73. The van der Waals surface area contributed by atoms with E-state index in [4.69, 9.17) is 4.74 Å². The van der Waals surface area contributed by atoms with Crippen LogP contribution in [0.4, 0.5) is 0 Å². The Morgan fingerprint density at radius 2 is 1.85 bits per heavy atom. The van der Waals surface area contributed by atoms with Gasteiger partial charge >= 0.3 is 0 Å². The van der Waals surface area contributed by atoms with Gasteiger partial charge in [-0.3, -0.25) is 19.6 Å². The molecule has 0 N–H and O–H groups in total. The smallest absolute Gasteiger partial charge is 0.254 e. The Morgan fingerprint density at radius 1 is 1.00 bits per heavy atom. The zero-order valence-electron chi connectivity index (χ0n) is 19.3. The summed E-state index contributed by atoms with van der Waals surface area (Å²) in [5, 5.41) is 0. The van der Waals surface area contributed by atoms with Crippen molar-refractivity contribution < 1.29 is 14.3 Å². The molecule has 0 saturated carbocycles. The Labute approximate surface area is 199 Å². The predicted molar refractivity (Wildman–Crippen MR) is 128 cm³/mol. The van der Waals surface area contributed by atoms with Crippen molar-refractivity contribution in [3.8, 4) is 11.3 Å². The van der Waals surface area contributed by atoms with Crippen LogP contribution in [-0.2, 0) is 17.7 Å². The van der Waals surface area contributed by atoms with Gasteiger partial charge in [-0.15, -0.1) is 0 Å². The number of methoxy groups -OCH3 is 1. The zero-order chi connectivity index (χ0) is 23.5. The van der Waals surface area contributed by atoms with Crippen molar-refractivity contribution in [1.82, 2.24) is 19.8 Å². The first kappa shape index (κ1) is 22.2. The summed E-state index contributed by atoms with van der Waals surface area (Å²) < 4.78 is 5.25. The molecule has 2 amide bonds. The lowest BCUT2D eigenvalue weighted by Gasteiger charge is -2.29. The minimum absolute atomic E-state index is 0.00204. The molecule has 5 rings (SSSR count). The second-order valence-electron chi connectivity index (χ2n) is 8.99. The monoisotopic (exact) mass is 456 g/mol. The third kappa shape index (κ3) is 4.56. The largest absolute Gasteiger partial charge is 0.384 e. The molecule has 2 aliphatic heterocycles. The molecule has 174 valence electrons. The number of amides is 2. The number of likely N-dealkylation sites (tertiary alicyclic amines) is 1. The molecule has 3 aromatic rings. The number of rotatable bonds is 5. The van der Waals surface area contributed by atoms with Gasteiger partial charge in [0.15, 0.2) is 0 Å². The molecule has 2 aromatic carbocycles. The molecule has 0 radical (unpaired) electrons. The van der Waals surface area contributed by atoms with Gasteiger partial charge in [-0.05, 0) is 48.2 Å². The molecular weight excluding hydrogens is 428 g/mol. The lowest BCUT2D eigenvalue weighted by atomic mass is 9.96. The van der Waals surface area contributed by atoms with Gasteiger partial charge in [-0.25, -0.2) is 0 Å². The van der Waals surface area contributed by atoms with Gasteiger partial charge in [0.1, 0.15) is 0 Å². The molecule has 3 heterocycles. The second-order valence-corrected chi connectivity index (χ2v) is 8.99.